The van der Waals surface area contributed by atoms with E-state index in [1.165, 1.54) is 0 Å². The number of hydrogen-bond acceptors (Lipinski definition) is 5. The average molecular weight is 326 g/mol. The highest BCUT2D eigenvalue weighted by molar-refractivity contribution is 6.30. The van der Waals surface area contributed by atoms with Gasteiger partial charge in [0.25, 0.3) is 0 Å². The number of anilines is 1. The molecule has 1 aromatic rings. The van der Waals surface area contributed by atoms with E-state index in [2.05, 4.69) is 11.1 Å². The van der Waals surface area contributed by atoms with Crippen molar-refractivity contribution in [3.05, 3.63) is 21.8 Å². The van der Waals surface area contributed by atoms with Crippen LogP contribution in [0.4, 0.5) is 5.82 Å². The molecule has 112 valence electrons. The molecule has 5 nitrogen and oxygen atoms in total. The summed E-state index contributed by atoms with van der Waals surface area (Å²) in [6.07, 6.45) is 2.31. The van der Waals surface area contributed by atoms with Crippen LogP contribution in [0.15, 0.2) is 0 Å². The second-order valence-corrected chi connectivity index (χ2v) is 5.21. The summed E-state index contributed by atoms with van der Waals surface area (Å²) >= 11 is 6.10. The van der Waals surface area contributed by atoms with Gasteiger partial charge in [0.05, 0.1) is 11.1 Å². The van der Waals surface area contributed by atoms with Crippen LogP contribution in [0.2, 0.25) is 5.15 Å². The molecule has 1 aromatic heterocycles. The van der Waals surface area contributed by atoms with Crippen molar-refractivity contribution in [1.29, 1.82) is 10.5 Å². The highest BCUT2D eigenvalue weighted by atomic mass is 35.5. The van der Waals surface area contributed by atoms with Gasteiger partial charge in [-0.2, -0.15) is 10.5 Å². The number of nitrogens with zero attached hydrogens (tertiary/aromatic N) is 4. The van der Waals surface area contributed by atoms with Crippen LogP contribution >= 0.6 is 24.0 Å². The summed E-state index contributed by atoms with van der Waals surface area (Å²) in [6.45, 7) is 3.42. The Morgan fingerprint density at radius 3 is 2.33 bits per heavy atom. The lowest BCUT2D eigenvalue weighted by atomic mass is 10.00. The van der Waals surface area contributed by atoms with E-state index in [4.69, 9.17) is 17.3 Å². The maximum absolute atomic E-state index is 9.43. The van der Waals surface area contributed by atoms with Gasteiger partial charge in [-0.15, -0.1) is 12.4 Å². The highest BCUT2D eigenvalue weighted by Crippen LogP contribution is 2.30. The largest absolute Gasteiger partial charge is 0.355 e. The predicted molar refractivity (Wildman–Crippen MR) is 84.7 cm³/mol. The molecule has 0 unspecified atom stereocenters. The van der Waals surface area contributed by atoms with Crippen LogP contribution in [0, 0.1) is 22.7 Å². The fraction of sp³-hybridized carbons (Fsp3) is 0.500. The number of aromatic nitrogens is 1. The van der Waals surface area contributed by atoms with E-state index in [1.54, 1.807) is 0 Å². The predicted octanol–water partition coefficient (Wildman–Crippen LogP) is 2.39. The number of nitrogens with two attached hydrogens (primary N) is 1. The Morgan fingerprint density at radius 1 is 1.29 bits per heavy atom. The third kappa shape index (κ3) is 3.39. The van der Waals surface area contributed by atoms with Crippen LogP contribution in [0.3, 0.4) is 0 Å². The lowest BCUT2D eigenvalue weighted by molar-refractivity contribution is 0.498. The zero-order chi connectivity index (χ0) is 14.7. The van der Waals surface area contributed by atoms with Gasteiger partial charge in [-0.05, 0) is 24.8 Å². The molecule has 2 heterocycles. The third-order valence-corrected chi connectivity index (χ3v) is 3.93. The normalized spacial score (nSPS) is 15.0. The Labute approximate surface area is 135 Å². The molecule has 1 aliphatic heterocycles. The van der Waals surface area contributed by atoms with Crippen LogP contribution in [-0.2, 0) is 6.42 Å². The number of nitriles is 2. The van der Waals surface area contributed by atoms with E-state index in [0.717, 1.165) is 25.9 Å². The molecule has 21 heavy (non-hydrogen) atoms. The van der Waals surface area contributed by atoms with E-state index >= 15 is 0 Å². The molecule has 2 N–H and O–H groups in total. The van der Waals surface area contributed by atoms with Crippen molar-refractivity contribution < 1.29 is 0 Å². The number of rotatable bonds is 2. The molecule has 0 amide bonds. The van der Waals surface area contributed by atoms with Gasteiger partial charge >= 0.3 is 0 Å². The Morgan fingerprint density at radius 2 is 1.86 bits per heavy atom. The number of piperidine rings is 1. The molecule has 0 saturated carbocycles. The first-order valence-electron chi connectivity index (χ1n) is 6.65. The summed E-state index contributed by atoms with van der Waals surface area (Å²) in [6, 6.07) is 4.43. The Bertz CT molecular complexity index is 595. The van der Waals surface area contributed by atoms with Gasteiger partial charge in [-0.3, -0.25) is 0 Å². The fourth-order valence-corrected chi connectivity index (χ4v) is 2.75. The lowest BCUT2D eigenvalue weighted by Crippen LogP contribution is -2.40. The second kappa shape index (κ2) is 7.47. The van der Waals surface area contributed by atoms with Crippen molar-refractivity contribution in [2.24, 2.45) is 5.73 Å². The molecule has 0 atom stereocenters. The maximum Gasteiger partial charge on any atom is 0.149 e. The zero-order valence-electron chi connectivity index (χ0n) is 11.8. The first-order chi connectivity index (χ1) is 9.62. The molecule has 1 fully saturated rings. The first kappa shape index (κ1) is 17.5. The van der Waals surface area contributed by atoms with Crippen LogP contribution in [-0.4, -0.2) is 24.1 Å². The minimum Gasteiger partial charge on any atom is -0.355 e. The topological polar surface area (TPSA) is 89.7 Å². The van der Waals surface area contributed by atoms with Gasteiger partial charge < -0.3 is 10.6 Å². The minimum atomic E-state index is 0. The van der Waals surface area contributed by atoms with Gasteiger partial charge in [-0.25, -0.2) is 4.98 Å². The first-order valence-corrected chi connectivity index (χ1v) is 7.03. The maximum atomic E-state index is 9.43. The molecule has 0 aromatic carbocycles. The number of halogens is 2. The minimum absolute atomic E-state index is 0. The summed E-state index contributed by atoms with van der Waals surface area (Å²) in [5.41, 5.74) is 7.35. The summed E-state index contributed by atoms with van der Waals surface area (Å²) in [7, 11) is 0. The lowest BCUT2D eigenvalue weighted by Gasteiger charge is -2.32. The SMILES string of the molecule is CCc1c(C#N)c(Cl)nc(N2CCC(N)CC2)c1C#N.Cl. The van der Waals surface area contributed by atoms with Crippen molar-refractivity contribution in [2.45, 2.75) is 32.2 Å². The molecule has 2 rings (SSSR count). The van der Waals surface area contributed by atoms with Crippen molar-refractivity contribution in [3.8, 4) is 12.1 Å². The zero-order valence-corrected chi connectivity index (χ0v) is 13.3. The van der Waals surface area contributed by atoms with Crippen molar-refractivity contribution >= 4 is 29.8 Å². The third-order valence-electron chi connectivity index (χ3n) is 3.65. The van der Waals surface area contributed by atoms with Crippen molar-refractivity contribution in [2.75, 3.05) is 18.0 Å². The molecule has 0 aliphatic carbocycles. The van der Waals surface area contributed by atoms with E-state index in [1.807, 2.05) is 17.9 Å². The van der Waals surface area contributed by atoms with Gasteiger partial charge in [0.1, 0.15) is 23.1 Å². The van der Waals surface area contributed by atoms with E-state index in [0.29, 0.717) is 28.9 Å². The number of pyridine rings is 1. The van der Waals surface area contributed by atoms with Crippen molar-refractivity contribution in [3.63, 3.8) is 0 Å². The molecular formula is C14H17Cl2N5. The van der Waals surface area contributed by atoms with Gasteiger partial charge in [0, 0.05) is 19.1 Å². The molecule has 0 radical (unpaired) electrons. The molecule has 7 heteroatoms. The summed E-state index contributed by atoms with van der Waals surface area (Å²) in [4.78, 5) is 6.31. The smallest absolute Gasteiger partial charge is 0.149 e. The average Bonchev–Trinajstić information content (AvgIpc) is 2.46. The Balaban J connectivity index is 0.00000220. The molecule has 0 bridgehead atoms. The van der Waals surface area contributed by atoms with Gasteiger partial charge in [0.2, 0.25) is 0 Å². The standard InChI is InChI=1S/C14H16ClN5.ClH/c1-2-10-11(7-16)13(15)19-14(12(10)8-17)20-5-3-9(18)4-6-20;/h9H,2-6,18H2,1H3;1H. The summed E-state index contributed by atoms with van der Waals surface area (Å²) in [5.74, 6) is 0.584. The van der Waals surface area contributed by atoms with Gasteiger partial charge in [-0.1, -0.05) is 18.5 Å². The van der Waals surface area contributed by atoms with E-state index in [9.17, 15) is 10.5 Å². The van der Waals surface area contributed by atoms with Crippen LogP contribution in [0.5, 0.6) is 0 Å². The Kier molecular flexibility index (Phi) is 6.23. The number of hydrogen-bond donors (Lipinski definition) is 1. The summed E-state index contributed by atoms with van der Waals surface area (Å²) < 4.78 is 0. The van der Waals surface area contributed by atoms with Crippen LogP contribution in [0.1, 0.15) is 36.5 Å². The second-order valence-electron chi connectivity index (χ2n) is 4.86. The Hall–Kier alpha value is -1.53. The molecule has 1 aliphatic rings. The quantitative estimate of drug-likeness (QED) is 0.843. The molecular weight excluding hydrogens is 309 g/mol. The van der Waals surface area contributed by atoms with Gasteiger partial charge in [0.15, 0.2) is 0 Å². The summed E-state index contributed by atoms with van der Waals surface area (Å²) in [5, 5.41) is 18.8. The van der Waals surface area contributed by atoms with E-state index < -0.39 is 0 Å². The van der Waals surface area contributed by atoms with E-state index in [-0.39, 0.29) is 23.6 Å². The van der Waals surface area contributed by atoms with Crippen LogP contribution in [0.25, 0.3) is 0 Å². The molecule has 1 saturated heterocycles. The fourth-order valence-electron chi connectivity index (χ4n) is 2.51. The highest BCUT2D eigenvalue weighted by Gasteiger charge is 2.24. The van der Waals surface area contributed by atoms with Crippen LogP contribution < -0.4 is 10.6 Å². The molecule has 0 spiro atoms. The monoisotopic (exact) mass is 325 g/mol. The van der Waals surface area contributed by atoms with Crippen molar-refractivity contribution in [1.82, 2.24) is 4.98 Å².